The Hall–Kier alpha value is -1.74. The summed E-state index contributed by atoms with van der Waals surface area (Å²) in [6, 6.07) is 8.64. The standard InChI is InChI=1S/C17H24N2O/c1-3-14-20-15-13-19-11-7-17(8-12-19)16-5-9-18(4-2)10-6-16/h5-12H,3-4,13-15H2,1-2H3/q+2. The van der Waals surface area contributed by atoms with E-state index in [1.807, 2.05) is 0 Å². The summed E-state index contributed by atoms with van der Waals surface area (Å²) in [5.74, 6) is 0. The second kappa shape index (κ2) is 7.75. The molecule has 0 spiro atoms. The Labute approximate surface area is 121 Å². The average Bonchev–Trinajstić information content (AvgIpc) is 2.52. The molecule has 0 aromatic carbocycles. The Morgan fingerprint density at radius 3 is 1.85 bits per heavy atom. The van der Waals surface area contributed by atoms with Gasteiger partial charge in [-0.2, -0.15) is 0 Å². The monoisotopic (exact) mass is 272 g/mol. The summed E-state index contributed by atoms with van der Waals surface area (Å²) in [7, 11) is 0. The lowest BCUT2D eigenvalue weighted by Gasteiger charge is -2.02. The molecule has 0 saturated carbocycles. The van der Waals surface area contributed by atoms with Crippen LogP contribution in [0.1, 0.15) is 20.3 Å². The SMILES string of the molecule is CCCOCC[n+]1ccc(-c2cc[n+](CC)cc2)cc1. The fourth-order valence-electron chi connectivity index (χ4n) is 2.08. The first-order chi connectivity index (χ1) is 9.83. The van der Waals surface area contributed by atoms with E-state index in [1.165, 1.54) is 11.1 Å². The minimum absolute atomic E-state index is 0.777. The summed E-state index contributed by atoms with van der Waals surface area (Å²) in [6.45, 7) is 7.81. The van der Waals surface area contributed by atoms with E-state index in [2.05, 4.69) is 72.0 Å². The molecule has 2 rings (SSSR count). The van der Waals surface area contributed by atoms with E-state index in [0.29, 0.717) is 0 Å². The molecule has 0 amide bonds. The van der Waals surface area contributed by atoms with Gasteiger partial charge in [0.05, 0.1) is 0 Å². The zero-order valence-electron chi connectivity index (χ0n) is 12.5. The van der Waals surface area contributed by atoms with Crippen LogP contribution in [0, 0.1) is 0 Å². The van der Waals surface area contributed by atoms with Crippen molar-refractivity contribution >= 4 is 0 Å². The second-order valence-electron chi connectivity index (χ2n) is 4.85. The summed E-state index contributed by atoms with van der Waals surface area (Å²) in [4.78, 5) is 0. The molecule has 0 aliphatic heterocycles. The molecule has 2 heterocycles. The van der Waals surface area contributed by atoms with Crippen molar-refractivity contribution in [3.8, 4) is 11.1 Å². The number of rotatable bonds is 7. The number of hydrogen-bond donors (Lipinski definition) is 0. The second-order valence-corrected chi connectivity index (χ2v) is 4.85. The average molecular weight is 272 g/mol. The lowest BCUT2D eigenvalue weighted by molar-refractivity contribution is -0.698. The van der Waals surface area contributed by atoms with Crippen molar-refractivity contribution in [1.82, 2.24) is 0 Å². The summed E-state index contributed by atoms with van der Waals surface area (Å²) in [5, 5.41) is 0. The highest BCUT2D eigenvalue weighted by Gasteiger charge is 2.04. The number of aromatic nitrogens is 2. The van der Waals surface area contributed by atoms with Gasteiger partial charge in [-0.3, -0.25) is 0 Å². The molecule has 0 bridgehead atoms. The van der Waals surface area contributed by atoms with Crippen LogP contribution >= 0.6 is 0 Å². The minimum atomic E-state index is 0.777. The smallest absolute Gasteiger partial charge is 0.171 e. The molecule has 0 N–H and O–H groups in total. The molecule has 0 radical (unpaired) electrons. The van der Waals surface area contributed by atoms with Gasteiger partial charge in [0.25, 0.3) is 0 Å². The van der Waals surface area contributed by atoms with Gasteiger partial charge in [-0.15, -0.1) is 0 Å². The highest BCUT2D eigenvalue weighted by Crippen LogP contribution is 2.15. The molecule has 20 heavy (non-hydrogen) atoms. The molecule has 0 saturated heterocycles. The maximum absolute atomic E-state index is 5.50. The maximum atomic E-state index is 5.50. The first-order valence-corrected chi connectivity index (χ1v) is 7.39. The van der Waals surface area contributed by atoms with Gasteiger partial charge >= 0.3 is 0 Å². The van der Waals surface area contributed by atoms with E-state index in [-0.39, 0.29) is 0 Å². The number of hydrogen-bond acceptors (Lipinski definition) is 1. The number of aryl methyl sites for hydroxylation is 1. The fourth-order valence-corrected chi connectivity index (χ4v) is 2.08. The van der Waals surface area contributed by atoms with Crippen LogP contribution in [0.25, 0.3) is 11.1 Å². The van der Waals surface area contributed by atoms with Crippen molar-refractivity contribution in [1.29, 1.82) is 0 Å². The quantitative estimate of drug-likeness (QED) is 0.558. The van der Waals surface area contributed by atoms with E-state index >= 15 is 0 Å². The van der Waals surface area contributed by atoms with E-state index < -0.39 is 0 Å². The van der Waals surface area contributed by atoms with Crippen LogP contribution < -0.4 is 9.13 Å². The van der Waals surface area contributed by atoms with Gasteiger partial charge in [0.15, 0.2) is 31.3 Å². The number of pyridine rings is 2. The summed E-state index contributed by atoms with van der Waals surface area (Å²) < 4.78 is 9.83. The molecule has 0 atom stereocenters. The Morgan fingerprint density at radius 2 is 1.35 bits per heavy atom. The zero-order chi connectivity index (χ0) is 14.2. The minimum Gasteiger partial charge on any atom is -0.375 e. The van der Waals surface area contributed by atoms with Crippen LogP contribution in [-0.2, 0) is 17.8 Å². The molecule has 2 aromatic heterocycles. The van der Waals surface area contributed by atoms with Crippen LogP contribution in [0.5, 0.6) is 0 Å². The normalized spacial score (nSPS) is 10.7. The van der Waals surface area contributed by atoms with Gasteiger partial charge < -0.3 is 4.74 Å². The Morgan fingerprint density at radius 1 is 0.800 bits per heavy atom. The van der Waals surface area contributed by atoms with E-state index in [9.17, 15) is 0 Å². The molecule has 3 nitrogen and oxygen atoms in total. The third kappa shape index (κ3) is 4.14. The number of ether oxygens (including phenoxy) is 1. The summed E-state index contributed by atoms with van der Waals surface area (Å²) in [5.41, 5.74) is 2.50. The highest BCUT2D eigenvalue weighted by molar-refractivity contribution is 5.60. The number of nitrogens with zero attached hydrogens (tertiary/aromatic N) is 2. The van der Waals surface area contributed by atoms with Gasteiger partial charge in [-0.05, 0) is 24.5 Å². The van der Waals surface area contributed by atoms with Crippen LogP contribution in [0.3, 0.4) is 0 Å². The summed E-state index contributed by atoms with van der Waals surface area (Å²) >= 11 is 0. The predicted molar refractivity (Wildman–Crippen MR) is 79.1 cm³/mol. The Bertz CT molecular complexity index is 506. The zero-order valence-corrected chi connectivity index (χ0v) is 12.5. The first-order valence-electron chi connectivity index (χ1n) is 7.39. The van der Waals surface area contributed by atoms with E-state index in [4.69, 9.17) is 4.74 Å². The highest BCUT2D eigenvalue weighted by atomic mass is 16.5. The molecule has 2 aromatic rings. The van der Waals surface area contributed by atoms with Gasteiger partial charge in [0.2, 0.25) is 0 Å². The Kier molecular flexibility index (Phi) is 5.69. The topological polar surface area (TPSA) is 17.0 Å². The van der Waals surface area contributed by atoms with Crippen LogP contribution in [0.4, 0.5) is 0 Å². The lowest BCUT2D eigenvalue weighted by Crippen LogP contribution is -2.35. The first kappa shape index (κ1) is 14.7. The molecular weight excluding hydrogens is 248 g/mol. The molecule has 0 unspecified atom stereocenters. The van der Waals surface area contributed by atoms with Crippen molar-refractivity contribution < 1.29 is 13.9 Å². The van der Waals surface area contributed by atoms with Crippen molar-refractivity contribution in [3.63, 3.8) is 0 Å². The Balaban J connectivity index is 1.96. The largest absolute Gasteiger partial charge is 0.375 e. The molecule has 0 aliphatic carbocycles. The molecule has 106 valence electrons. The molecular formula is C17H24N2O+2. The van der Waals surface area contributed by atoms with Crippen molar-refractivity contribution in [2.75, 3.05) is 13.2 Å². The maximum Gasteiger partial charge on any atom is 0.171 e. The van der Waals surface area contributed by atoms with Crippen molar-refractivity contribution in [3.05, 3.63) is 49.1 Å². The van der Waals surface area contributed by atoms with E-state index in [0.717, 1.165) is 32.7 Å². The van der Waals surface area contributed by atoms with Gasteiger partial charge in [-0.1, -0.05) is 6.92 Å². The fraction of sp³-hybridized carbons (Fsp3) is 0.412. The van der Waals surface area contributed by atoms with Crippen molar-refractivity contribution in [2.24, 2.45) is 0 Å². The third-order valence-electron chi connectivity index (χ3n) is 3.32. The van der Waals surface area contributed by atoms with Crippen LogP contribution in [-0.4, -0.2) is 13.2 Å². The van der Waals surface area contributed by atoms with Gasteiger partial charge in [-0.25, -0.2) is 9.13 Å². The predicted octanol–water partition coefficient (Wildman–Crippen LogP) is 2.38. The van der Waals surface area contributed by atoms with Gasteiger partial charge in [0, 0.05) is 30.9 Å². The van der Waals surface area contributed by atoms with Crippen molar-refractivity contribution in [2.45, 2.75) is 33.4 Å². The molecule has 3 heteroatoms. The lowest BCUT2D eigenvalue weighted by atomic mass is 10.1. The van der Waals surface area contributed by atoms with Crippen LogP contribution in [0.15, 0.2) is 49.1 Å². The molecule has 0 fully saturated rings. The molecule has 0 aliphatic rings. The van der Waals surface area contributed by atoms with Crippen LogP contribution in [0.2, 0.25) is 0 Å². The van der Waals surface area contributed by atoms with E-state index in [1.54, 1.807) is 0 Å². The van der Waals surface area contributed by atoms with Gasteiger partial charge in [0.1, 0.15) is 13.2 Å². The third-order valence-corrected chi connectivity index (χ3v) is 3.32. The summed E-state index contributed by atoms with van der Waals surface area (Å²) in [6.07, 6.45) is 9.55.